The molecule has 0 amide bonds. The van der Waals surface area contributed by atoms with E-state index in [1.807, 2.05) is 13.8 Å². The van der Waals surface area contributed by atoms with E-state index in [4.69, 9.17) is 9.47 Å². The van der Waals surface area contributed by atoms with Crippen molar-refractivity contribution < 1.29 is 19.1 Å². The van der Waals surface area contributed by atoms with Crippen molar-refractivity contribution in [2.45, 2.75) is 59.5 Å². The highest BCUT2D eigenvalue weighted by Crippen LogP contribution is 2.09. The van der Waals surface area contributed by atoms with Crippen LogP contribution in [0.15, 0.2) is 0 Å². The van der Waals surface area contributed by atoms with Crippen molar-refractivity contribution in [3.63, 3.8) is 0 Å². The Hall–Kier alpha value is -1.06. The number of ether oxygens (including phenoxy) is 2. The summed E-state index contributed by atoms with van der Waals surface area (Å²) >= 11 is 0. The summed E-state index contributed by atoms with van der Waals surface area (Å²) in [6, 6.07) is 0. The molecule has 100 valence electrons. The lowest BCUT2D eigenvalue weighted by atomic mass is 10.1. The fourth-order valence-electron chi connectivity index (χ4n) is 1.49. The predicted octanol–water partition coefficient (Wildman–Crippen LogP) is 2.70. The van der Waals surface area contributed by atoms with Gasteiger partial charge in [-0.25, -0.2) is 0 Å². The molecule has 1 unspecified atom stereocenters. The van der Waals surface area contributed by atoms with E-state index in [0.29, 0.717) is 12.5 Å². The van der Waals surface area contributed by atoms with Crippen molar-refractivity contribution in [2.75, 3.05) is 6.61 Å². The van der Waals surface area contributed by atoms with E-state index in [0.717, 1.165) is 12.8 Å². The summed E-state index contributed by atoms with van der Waals surface area (Å²) in [6.07, 6.45) is 1.75. The van der Waals surface area contributed by atoms with Crippen LogP contribution in [0.4, 0.5) is 0 Å². The Balaban J connectivity index is 3.68. The molecule has 17 heavy (non-hydrogen) atoms. The molecule has 0 spiro atoms. The third-order valence-corrected chi connectivity index (χ3v) is 2.14. The zero-order valence-corrected chi connectivity index (χ0v) is 11.3. The molecule has 0 radical (unpaired) electrons. The molecule has 0 saturated carbocycles. The van der Waals surface area contributed by atoms with Crippen LogP contribution in [0.1, 0.15) is 53.4 Å². The van der Waals surface area contributed by atoms with E-state index >= 15 is 0 Å². The Morgan fingerprint density at radius 3 is 2.18 bits per heavy atom. The van der Waals surface area contributed by atoms with E-state index in [9.17, 15) is 9.59 Å². The Bertz CT molecular complexity index is 236. The van der Waals surface area contributed by atoms with Crippen LogP contribution in [0.3, 0.4) is 0 Å². The summed E-state index contributed by atoms with van der Waals surface area (Å²) < 4.78 is 10.0. The first kappa shape index (κ1) is 15.9. The molecule has 0 saturated heterocycles. The van der Waals surface area contributed by atoms with Gasteiger partial charge in [-0.2, -0.15) is 0 Å². The SMILES string of the molecule is CCCOC(=O)CCC(=O)OC(C)CC(C)C. The topological polar surface area (TPSA) is 52.6 Å². The average molecular weight is 244 g/mol. The van der Waals surface area contributed by atoms with Crippen LogP contribution in [0.5, 0.6) is 0 Å². The summed E-state index contributed by atoms with van der Waals surface area (Å²) in [5.74, 6) is -0.167. The van der Waals surface area contributed by atoms with Crippen LogP contribution in [0.2, 0.25) is 0 Å². The van der Waals surface area contributed by atoms with Crippen molar-refractivity contribution in [1.82, 2.24) is 0 Å². The predicted molar refractivity (Wildman–Crippen MR) is 65.5 cm³/mol. The Labute approximate surface area is 104 Å². The molecule has 0 heterocycles. The van der Waals surface area contributed by atoms with E-state index < -0.39 is 0 Å². The van der Waals surface area contributed by atoms with Crippen molar-refractivity contribution in [3.05, 3.63) is 0 Å². The molecule has 0 aliphatic rings. The second kappa shape index (κ2) is 9.02. The highest BCUT2D eigenvalue weighted by Gasteiger charge is 2.13. The zero-order chi connectivity index (χ0) is 13.3. The van der Waals surface area contributed by atoms with Gasteiger partial charge >= 0.3 is 11.9 Å². The van der Waals surface area contributed by atoms with Crippen LogP contribution >= 0.6 is 0 Å². The smallest absolute Gasteiger partial charge is 0.306 e. The van der Waals surface area contributed by atoms with Crippen molar-refractivity contribution in [1.29, 1.82) is 0 Å². The molecule has 1 atom stereocenters. The maximum Gasteiger partial charge on any atom is 0.306 e. The second-order valence-electron chi connectivity index (χ2n) is 4.65. The van der Waals surface area contributed by atoms with Gasteiger partial charge in [-0.15, -0.1) is 0 Å². The number of carbonyl (C=O) groups excluding carboxylic acids is 2. The lowest BCUT2D eigenvalue weighted by molar-refractivity contribution is -0.153. The largest absolute Gasteiger partial charge is 0.466 e. The molecule has 0 N–H and O–H groups in total. The van der Waals surface area contributed by atoms with Gasteiger partial charge in [-0.1, -0.05) is 20.8 Å². The molecule has 0 aliphatic heterocycles. The minimum atomic E-state index is -0.333. The molecular formula is C13H24O4. The van der Waals surface area contributed by atoms with Gasteiger partial charge < -0.3 is 9.47 Å². The number of carbonyl (C=O) groups is 2. The Morgan fingerprint density at radius 2 is 1.65 bits per heavy atom. The van der Waals surface area contributed by atoms with E-state index in [2.05, 4.69) is 13.8 Å². The third kappa shape index (κ3) is 9.85. The molecule has 0 aromatic rings. The van der Waals surface area contributed by atoms with Crippen molar-refractivity contribution >= 4 is 11.9 Å². The average Bonchev–Trinajstić information content (AvgIpc) is 2.22. The molecule has 0 bridgehead atoms. The Kier molecular flexibility index (Phi) is 8.46. The monoisotopic (exact) mass is 244 g/mol. The summed E-state index contributed by atoms with van der Waals surface area (Å²) in [7, 11) is 0. The van der Waals surface area contributed by atoms with Crippen LogP contribution in [0.25, 0.3) is 0 Å². The summed E-state index contributed by atoms with van der Waals surface area (Å²) in [5.41, 5.74) is 0. The van der Waals surface area contributed by atoms with Crippen LogP contribution in [-0.2, 0) is 19.1 Å². The minimum absolute atomic E-state index is 0.0887. The first-order chi connectivity index (χ1) is 7.95. The molecule has 0 aromatic carbocycles. The van der Waals surface area contributed by atoms with Gasteiger partial charge in [0.1, 0.15) is 0 Å². The fraction of sp³-hybridized carbons (Fsp3) is 0.846. The van der Waals surface area contributed by atoms with E-state index in [1.165, 1.54) is 0 Å². The molecular weight excluding hydrogens is 220 g/mol. The van der Waals surface area contributed by atoms with Gasteiger partial charge in [-0.05, 0) is 25.7 Å². The zero-order valence-electron chi connectivity index (χ0n) is 11.3. The number of rotatable bonds is 8. The van der Waals surface area contributed by atoms with E-state index in [1.54, 1.807) is 0 Å². The lowest BCUT2D eigenvalue weighted by Gasteiger charge is -2.14. The van der Waals surface area contributed by atoms with E-state index in [-0.39, 0.29) is 30.9 Å². The Morgan fingerprint density at radius 1 is 1.06 bits per heavy atom. The van der Waals surface area contributed by atoms with Gasteiger partial charge in [-0.3, -0.25) is 9.59 Å². The minimum Gasteiger partial charge on any atom is -0.466 e. The van der Waals surface area contributed by atoms with Gasteiger partial charge in [0.05, 0.1) is 25.6 Å². The second-order valence-corrected chi connectivity index (χ2v) is 4.65. The van der Waals surface area contributed by atoms with Crippen LogP contribution < -0.4 is 0 Å². The highest BCUT2D eigenvalue weighted by molar-refractivity contribution is 5.77. The molecule has 0 fully saturated rings. The van der Waals surface area contributed by atoms with Crippen LogP contribution in [0, 0.1) is 5.92 Å². The van der Waals surface area contributed by atoms with Gasteiger partial charge in [0.25, 0.3) is 0 Å². The molecule has 0 aliphatic carbocycles. The van der Waals surface area contributed by atoms with Crippen molar-refractivity contribution in [3.8, 4) is 0 Å². The quantitative estimate of drug-likeness (QED) is 0.616. The number of hydrogen-bond acceptors (Lipinski definition) is 4. The van der Waals surface area contributed by atoms with Gasteiger partial charge in [0, 0.05) is 0 Å². The summed E-state index contributed by atoms with van der Waals surface area (Å²) in [6.45, 7) is 8.36. The number of hydrogen-bond donors (Lipinski definition) is 0. The third-order valence-electron chi connectivity index (χ3n) is 2.14. The van der Waals surface area contributed by atoms with Crippen molar-refractivity contribution in [2.24, 2.45) is 5.92 Å². The van der Waals surface area contributed by atoms with Gasteiger partial charge in [0.15, 0.2) is 0 Å². The maximum atomic E-state index is 11.4. The lowest BCUT2D eigenvalue weighted by Crippen LogP contribution is -2.18. The summed E-state index contributed by atoms with van der Waals surface area (Å²) in [5, 5.41) is 0. The molecule has 4 nitrogen and oxygen atoms in total. The van der Waals surface area contributed by atoms with Gasteiger partial charge in [0.2, 0.25) is 0 Å². The summed E-state index contributed by atoms with van der Waals surface area (Å²) in [4.78, 5) is 22.5. The molecule has 0 rings (SSSR count). The van der Waals surface area contributed by atoms with Crippen LogP contribution in [-0.4, -0.2) is 24.6 Å². The standard InChI is InChI=1S/C13H24O4/c1-5-8-16-12(14)6-7-13(15)17-11(4)9-10(2)3/h10-11H,5-9H2,1-4H3. The maximum absolute atomic E-state index is 11.4. The normalized spacial score (nSPS) is 12.3. The highest BCUT2D eigenvalue weighted by atomic mass is 16.5. The first-order valence-electron chi connectivity index (χ1n) is 6.30. The fourth-order valence-corrected chi connectivity index (χ4v) is 1.49. The first-order valence-corrected chi connectivity index (χ1v) is 6.30. The molecule has 4 heteroatoms. The molecule has 0 aromatic heterocycles. The number of esters is 2.